The van der Waals surface area contributed by atoms with Crippen molar-refractivity contribution in [3.8, 4) is 84.7 Å². The summed E-state index contributed by atoms with van der Waals surface area (Å²) in [4.78, 5) is 24.6. The largest absolute Gasteiger partial charge is 0.291 e. The minimum atomic E-state index is 0.628. The standard InChI is InChI=1S/C51H34N6/c1-3-13-39(14-4-1)43-17-7-8-18-44(43)50-55-48(40-15-5-2-6-16-40)54-49(56-50)41-28-26-37(27-29-41)35-22-24-36(25-23-35)38-30-32-42(33-31-38)57-47-21-10-9-19-45(47)53-51(57)46-20-11-12-34-52-46/h1-34H. The molecule has 0 N–H and O–H groups in total. The van der Waals surface area contributed by atoms with Crippen molar-refractivity contribution in [2.45, 2.75) is 0 Å². The molecule has 0 bridgehead atoms. The Kier molecular flexibility index (Phi) is 8.74. The van der Waals surface area contributed by atoms with E-state index in [4.69, 9.17) is 19.9 Å². The number of para-hydroxylation sites is 2. The summed E-state index contributed by atoms with van der Waals surface area (Å²) in [5, 5.41) is 0. The number of hydrogen-bond donors (Lipinski definition) is 0. The Balaban J connectivity index is 0.939. The van der Waals surface area contributed by atoms with E-state index in [0.29, 0.717) is 17.5 Å². The molecule has 0 amide bonds. The first-order valence-electron chi connectivity index (χ1n) is 18.9. The molecule has 3 aromatic heterocycles. The van der Waals surface area contributed by atoms with Gasteiger partial charge in [0, 0.05) is 28.6 Å². The van der Waals surface area contributed by atoms with Crippen LogP contribution in [0.2, 0.25) is 0 Å². The van der Waals surface area contributed by atoms with Gasteiger partial charge >= 0.3 is 0 Å². The van der Waals surface area contributed by atoms with Gasteiger partial charge in [-0.1, -0.05) is 164 Å². The van der Waals surface area contributed by atoms with Gasteiger partial charge in [-0.15, -0.1) is 0 Å². The minimum absolute atomic E-state index is 0.628. The van der Waals surface area contributed by atoms with Gasteiger partial charge in [-0.2, -0.15) is 0 Å². The summed E-state index contributed by atoms with van der Waals surface area (Å²) >= 11 is 0. The lowest BCUT2D eigenvalue weighted by Gasteiger charge is -2.12. The summed E-state index contributed by atoms with van der Waals surface area (Å²) in [7, 11) is 0. The zero-order valence-electron chi connectivity index (χ0n) is 30.8. The highest BCUT2D eigenvalue weighted by molar-refractivity contribution is 5.84. The predicted molar refractivity (Wildman–Crippen MR) is 230 cm³/mol. The van der Waals surface area contributed by atoms with Gasteiger partial charge in [0.2, 0.25) is 0 Å². The van der Waals surface area contributed by atoms with Gasteiger partial charge in [0.05, 0.1) is 11.0 Å². The molecule has 0 aliphatic carbocycles. The fourth-order valence-corrected chi connectivity index (χ4v) is 7.31. The second kappa shape index (κ2) is 14.8. The Labute approximate surface area is 330 Å². The molecule has 0 unspecified atom stereocenters. The van der Waals surface area contributed by atoms with Crippen molar-refractivity contribution in [1.29, 1.82) is 0 Å². The molecule has 0 aliphatic heterocycles. The molecule has 0 saturated carbocycles. The van der Waals surface area contributed by atoms with Crippen molar-refractivity contribution < 1.29 is 0 Å². The van der Waals surface area contributed by atoms with E-state index in [1.54, 1.807) is 6.20 Å². The van der Waals surface area contributed by atoms with Crippen LogP contribution in [0.25, 0.3) is 95.8 Å². The fraction of sp³-hybridized carbons (Fsp3) is 0. The van der Waals surface area contributed by atoms with Gasteiger partial charge in [-0.05, 0) is 69.8 Å². The van der Waals surface area contributed by atoms with Gasteiger partial charge in [0.15, 0.2) is 23.3 Å². The molecule has 0 spiro atoms. The van der Waals surface area contributed by atoms with Crippen LogP contribution in [0.4, 0.5) is 0 Å². The van der Waals surface area contributed by atoms with Crippen molar-refractivity contribution in [2.24, 2.45) is 0 Å². The highest BCUT2D eigenvalue weighted by atomic mass is 15.1. The van der Waals surface area contributed by atoms with Crippen LogP contribution in [0, 0.1) is 0 Å². The quantitative estimate of drug-likeness (QED) is 0.156. The highest BCUT2D eigenvalue weighted by Crippen LogP contribution is 2.34. The summed E-state index contributed by atoms with van der Waals surface area (Å²) in [6.07, 6.45) is 1.81. The summed E-state index contributed by atoms with van der Waals surface area (Å²) < 4.78 is 2.18. The predicted octanol–water partition coefficient (Wildman–Crippen LogP) is 12.3. The number of fused-ring (bicyclic) bond motifs is 1. The lowest BCUT2D eigenvalue weighted by molar-refractivity contribution is 1.07. The van der Waals surface area contributed by atoms with Gasteiger partial charge in [-0.3, -0.25) is 9.55 Å². The van der Waals surface area contributed by atoms with E-state index in [-0.39, 0.29) is 0 Å². The molecule has 57 heavy (non-hydrogen) atoms. The maximum absolute atomic E-state index is 5.06. The van der Waals surface area contributed by atoms with Crippen LogP contribution >= 0.6 is 0 Å². The summed E-state index contributed by atoms with van der Waals surface area (Å²) in [6, 6.07) is 68.7. The third-order valence-corrected chi connectivity index (χ3v) is 10.2. The molecule has 0 aliphatic rings. The summed E-state index contributed by atoms with van der Waals surface area (Å²) in [5.41, 5.74) is 13.4. The number of pyridine rings is 1. The molecule has 6 heteroatoms. The van der Waals surface area contributed by atoms with Gasteiger partial charge in [0.25, 0.3) is 0 Å². The van der Waals surface area contributed by atoms with Crippen LogP contribution in [-0.2, 0) is 0 Å². The number of hydrogen-bond acceptors (Lipinski definition) is 5. The Morgan fingerprint density at radius 3 is 1.40 bits per heavy atom. The van der Waals surface area contributed by atoms with Crippen molar-refractivity contribution in [1.82, 2.24) is 29.5 Å². The first kappa shape index (κ1) is 33.7. The second-order valence-electron chi connectivity index (χ2n) is 13.8. The highest BCUT2D eigenvalue weighted by Gasteiger charge is 2.17. The maximum Gasteiger partial charge on any atom is 0.164 e. The second-order valence-corrected chi connectivity index (χ2v) is 13.8. The number of rotatable bonds is 8. The van der Waals surface area contributed by atoms with Crippen molar-refractivity contribution in [2.75, 3.05) is 0 Å². The molecule has 0 fully saturated rings. The normalized spacial score (nSPS) is 11.2. The fourth-order valence-electron chi connectivity index (χ4n) is 7.31. The monoisotopic (exact) mass is 730 g/mol. The Morgan fingerprint density at radius 2 is 0.789 bits per heavy atom. The van der Waals surface area contributed by atoms with Crippen LogP contribution in [0.1, 0.15) is 0 Å². The lowest BCUT2D eigenvalue weighted by atomic mass is 9.98. The number of imidazole rings is 1. The van der Waals surface area contributed by atoms with Crippen molar-refractivity contribution >= 4 is 11.0 Å². The first-order valence-corrected chi connectivity index (χ1v) is 18.9. The molecule has 0 radical (unpaired) electrons. The molecule has 0 atom stereocenters. The smallest absolute Gasteiger partial charge is 0.164 e. The Bertz CT molecular complexity index is 2960. The molecular formula is C51H34N6. The maximum atomic E-state index is 5.06. The van der Waals surface area contributed by atoms with Crippen LogP contribution in [0.5, 0.6) is 0 Å². The molecule has 7 aromatic carbocycles. The zero-order valence-corrected chi connectivity index (χ0v) is 30.8. The van der Waals surface area contributed by atoms with E-state index in [1.165, 1.54) is 0 Å². The van der Waals surface area contributed by atoms with Crippen molar-refractivity contribution in [3.05, 3.63) is 206 Å². The molecule has 3 heterocycles. The van der Waals surface area contributed by atoms with E-state index < -0.39 is 0 Å². The lowest BCUT2D eigenvalue weighted by Crippen LogP contribution is -2.01. The van der Waals surface area contributed by atoms with E-state index in [1.807, 2.05) is 78.9 Å². The van der Waals surface area contributed by atoms with Crippen LogP contribution in [0.15, 0.2) is 206 Å². The summed E-state index contributed by atoms with van der Waals surface area (Å²) in [6.45, 7) is 0. The minimum Gasteiger partial charge on any atom is -0.291 e. The van der Waals surface area contributed by atoms with Crippen LogP contribution < -0.4 is 0 Å². The zero-order chi connectivity index (χ0) is 38.0. The van der Waals surface area contributed by atoms with E-state index in [2.05, 4.69) is 131 Å². The van der Waals surface area contributed by atoms with Gasteiger partial charge in [0.1, 0.15) is 5.69 Å². The van der Waals surface area contributed by atoms with Crippen LogP contribution in [0.3, 0.4) is 0 Å². The summed E-state index contributed by atoms with van der Waals surface area (Å²) in [5.74, 6) is 2.72. The van der Waals surface area contributed by atoms with Gasteiger partial charge in [-0.25, -0.2) is 19.9 Å². The number of benzene rings is 7. The Morgan fingerprint density at radius 1 is 0.316 bits per heavy atom. The molecule has 10 aromatic rings. The van der Waals surface area contributed by atoms with E-state index in [0.717, 1.165) is 78.3 Å². The Hall–Kier alpha value is -7.83. The van der Waals surface area contributed by atoms with Crippen molar-refractivity contribution in [3.63, 3.8) is 0 Å². The topological polar surface area (TPSA) is 69.4 Å². The molecular weight excluding hydrogens is 697 g/mol. The number of aromatic nitrogens is 6. The average molecular weight is 731 g/mol. The van der Waals surface area contributed by atoms with E-state index >= 15 is 0 Å². The molecule has 0 saturated heterocycles. The third kappa shape index (κ3) is 6.66. The van der Waals surface area contributed by atoms with E-state index in [9.17, 15) is 0 Å². The molecule has 6 nitrogen and oxygen atoms in total. The first-order chi connectivity index (χ1) is 28.2. The SMILES string of the molecule is c1ccc(-c2nc(-c3ccc(-c4ccc(-c5ccc(-n6c(-c7ccccn7)nc7ccccc76)cc5)cc4)cc3)nc(-c3ccccc3-c3ccccc3)n2)cc1. The third-order valence-electron chi connectivity index (χ3n) is 10.2. The van der Waals surface area contributed by atoms with Crippen LogP contribution in [-0.4, -0.2) is 29.5 Å². The molecule has 268 valence electrons. The average Bonchev–Trinajstić information content (AvgIpc) is 3.70. The molecule has 10 rings (SSSR count). The number of nitrogens with zero attached hydrogens (tertiary/aromatic N) is 6. The van der Waals surface area contributed by atoms with Gasteiger partial charge < -0.3 is 0 Å².